The van der Waals surface area contributed by atoms with Crippen molar-refractivity contribution in [2.75, 3.05) is 6.54 Å². The average Bonchev–Trinajstić information content (AvgIpc) is 2.75. The van der Waals surface area contributed by atoms with Gasteiger partial charge in [-0.15, -0.1) is 0 Å². The van der Waals surface area contributed by atoms with Crippen LogP contribution in [0.3, 0.4) is 0 Å². The number of rotatable bonds is 4. The molecule has 1 aromatic carbocycles. The molecule has 1 heterocycles. The first-order valence-electron chi connectivity index (χ1n) is 5.51. The molecule has 18 heavy (non-hydrogen) atoms. The monoisotopic (exact) mass is 247 g/mol. The summed E-state index contributed by atoms with van der Waals surface area (Å²) in [5.74, 6) is 0.880. The number of aromatic nitrogens is 2. The number of phenols is 1. The number of aryl methyl sites for hydroxylation is 1. The third kappa shape index (κ3) is 3.07. The number of nitrogens with zero attached hydrogens (tertiary/aromatic N) is 2. The van der Waals surface area contributed by atoms with Crippen LogP contribution in [-0.2, 0) is 6.42 Å². The van der Waals surface area contributed by atoms with E-state index in [2.05, 4.69) is 15.5 Å². The van der Waals surface area contributed by atoms with Crippen molar-refractivity contribution >= 4 is 5.91 Å². The Labute approximate surface area is 104 Å². The minimum atomic E-state index is -0.248. The van der Waals surface area contributed by atoms with Crippen LogP contribution < -0.4 is 5.32 Å². The molecule has 0 atom stereocenters. The first kappa shape index (κ1) is 12.1. The number of phenolic OH excluding ortho intramolecular Hbond substituents is 1. The molecular weight excluding hydrogens is 234 g/mol. The van der Waals surface area contributed by atoms with E-state index < -0.39 is 0 Å². The largest absolute Gasteiger partial charge is 0.508 e. The molecule has 0 fully saturated rings. The highest BCUT2D eigenvalue weighted by molar-refractivity contribution is 5.94. The predicted molar refractivity (Wildman–Crippen MR) is 63.2 cm³/mol. The van der Waals surface area contributed by atoms with Gasteiger partial charge in [-0.1, -0.05) is 11.2 Å². The molecule has 0 unspecified atom stereocenters. The number of amides is 1. The number of hydrogen-bond donors (Lipinski definition) is 2. The topological polar surface area (TPSA) is 88.2 Å². The lowest BCUT2D eigenvalue weighted by Gasteiger charge is -2.03. The third-order valence-electron chi connectivity index (χ3n) is 2.30. The van der Waals surface area contributed by atoms with Crippen molar-refractivity contribution in [2.24, 2.45) is 0 Å². The molecule has 2 rings (SSSR count). The lowest BCUT2D eigenvalue weighted by Crippen LogP contribution is -2.25. The molecule has 6 heteroatoms. The summed E-state index contributed by atoms with van der Waals surface area (Å²) in [7, 11) is 0. The number of hydrogen-bond acceptors (Lipinski definition) is 5. The summed E-state index contributed by atoms with van der Waals surface area (Å²) in [5, 5.41) is 15.6. The first-order valence-corrected chi connectivity index (χ1v) is 5.51. The van der Waals surface area contributed by atoms with E-state index in [0.717, 1.165) is 0 Å². The van der Waals surface area contributed by atoms with Crippen LogP contribution in [0.25, 0.3) is 0 Å². The smallest absolute Gasteiger partial charge is 0.251 e. The molecule has 0 bridgehead atoms. The van der Waals surface area contributed by atoms with Crippen LogP contribution in [-0.4, -0.2) is 27.7 Å². The number of carbonyl (C=O) groups is 1. The summed E-state index contributed by atoms with van der Waals surface area (Å²) < 4.78 is 4.92. The molecule has 1 amide bonds. The van der Waals surface area contributed by atoms with Gasteiger partial charge in [0.25, 0.3) is 5.91 Å². The van der Waals surface area contributed by atoms with Crippen molar-refractivity contribution in [1.29, 1.82) is 0 Å². The highest BCUT2D eigenvalue weighted by Gasteiger charge is 2.07. The van der Waals surface area contributed by atoms with Crippen molar-refractivity contribution in [3.05, 3.63) is 41.5 Å². The van der Waals surface area contributed by atoms with Crippen LogP contribution in [0.4, 0.5) is 0 Å². The summed E-state index contributed by atoms with van der Waals surface area (Å²) >= 11 is 0. The Morgan fingerprint density at radius 2 is 2.33 bits per heavy atom. The van der Waals surface area contributed by atoms with E-state index in [4.69, 9.17) is 4.52 Å². The molecule has 1 aromatic heterocycles. The van der Waals surface area contributed by atoms with Crippen LogP contribution in [0, 0.1) is 6.92 Å². The molecule has 0 saturated carbocycles. The lowest BCUT2D eigenvalue weighted by molar-refractivity contribution is 0.0953. The Morgan fingerprint density at radius 3 is 3.00 bits per heavy atom. The second-order valence-electron chi connectivity index (χ2n) is 3.79. The molecule has 2 N–H and O–H groups in total. The van der Waals surface area contributed by atoms with Crippen molar-refractivity contribution in [2.45, 2.75) is 13.3 Å². The van der Waals surface area contributed by atoms with Gasteiger partial charge in [0.15, 0.2) is 5.82 Å². The van der Waals surface area contributed by atoms with E-state index in [9.17, 15) is 9.90 Å². The Hall–Kier alpha value is -2.37. The SMILES string of the molecule is Cc1noc(CCNC(=O)c2cccc(O)c2)n1. The van der Waals surface area contributed by atoms with Crippen LogP contribution in [0.1, 0.15) is 22.1 Å². The van der Waals surface area contributed by atoms with Gasteiger partial charge in [0.05, 0.1) is 0 Å². The molecular formula is C12H13N3O3. The maximum absolute atomic E-state index is 11.7. The van der Waals surface area contributed by atoms with Gasteiger partial charge in [-0.3, -0.25) is 4.79 Å². The highest BCUT2D eigenvalue weighted by Crippen LogP contribution is 2.10. The van der Waals surface area contributed by atoms with E-state index in [1.807, 2.05) is 0 Å². The van der Waals surface area contributed by atoms with Crippen molar-refractivity contribution in [1.82, 2.24) is 15.5 Å². The first-order chi connectivity index (χ1) is 8.65. The summed E-state index contributed by atoms with van der Waals surface area (Å²) in [6, 6.07) is 6.17. The standard InChI is InChI=1S/C12H13N3O3/c1-8-14-11(18-15-8)5-6-13-12(17)9-3-2-4-10(16)7-9/h2-4,7,16H,5-6H2,1H3,(H,13,17). The zero-order valence-corrected chi connectivity index (χ0v) is 9.88. The second-order valence-corrected chi connectivity index (χ2v) is 3.79. The Balaban J connectivity index is 1.85. The maximum atomic E-state index is 11.7. The van der Waals surface area contributed by atoms with E-state index in [-0.39, 0.29) is 11.7 Å². The van der Waals surface area contributed by atoms with Gasteiger partial charge in [0, 0.05) is 18.5 Å². The van der Waals surface area contributed by atoms with E-state index in [0.29, 0.717) is 30.2 Å². The van der Waals surface area contributed by atoms with Crippen molar-refractivity contribution in [3.8, 4) is 5.75 Å². The summed E-state index contributed by atoms with van der Waals surface area (Å²) in [6.07, 6.45) is 0.478. The van der Waals surface area contributed by atoms with Gasteiger partial charge < -0.3 is 14.9 Å². The molecule has 94 valence electrons. The summed E-state index contributed by atoms with van der Waals surface area (Å²) in [6.45, 7) is 2.13. The summed E-state index contributed by atoms with van der Waals surface area (Å²) in [4.78, 5) is 15.7. The highest BCUT2D eigenvalue weighted by atomic mass is 16.5. The van der Waals surface area contributed by atoms with Gasteiger partial charge >= 0.3 is 0 Å². The minimum absolute atomic E-state index is 0.0650. The fraction of sp³-hybridized carbons (Fsp3) is 0.250. The maximum Gasteiger partial charge on any atom is 0.251 e. The zero-order chi connectivity index (χ0) is 13.0. The Bertz CT molecular complexity index is 551. The molecule has 0 aliphatic rings. The Morgan fingerprint density at radius 1 is 1.50 bits per heavy atom. The lowest BCUT2D eigenvalue weighted by atomic mass is 10.2. The van der Waals surface area contributed by atoms with Gasteiger partial charge in [0.1, 0.15) is 5.75 Å². The molecule has 6 nitrogen and oxygen atoms in total. The number of aromatic hydroxyl groups is 1. The van der Waals surface area contributed by atoms with Crippen LogP contribution >= 0.6 is 0 Å². The Kier molecular flexibility index (Phi) is 3.57. The quantitative estimate of drug-likeness (QED) is 0.843. The van der Waals surface area contributed by atoms with Crippen molar-refractivity contribution < 1.29 is 14.4 Å². The fourth-order valence-corrected chi connectivity index (χ4v) is 1.47. The van der Waals surface area contributed by atoms with Crippen LogP contribution in [0.15, 0.2) is 28.8 Å². The summed E-state index contributed by atoms with van der Waals surface area (Å²) in [5.41, 5.74) is 0.414. The molecule has 0 radical (unpaired) electrons. The molecule has 0 aliphatic heterocycles. The number of benzene rings is 1. The molecule has 0 saturated heterocycles. The zero-order valence-electron chi connectivity index (χ0n) is 9.88. The van der Waals surface area contributed by atoms with Gasteiger partial charge in [0.2, 0.25) is 5.89 Å². The minimum Gasteiger partial charge on any atom is -0.508 e. The van der Waals surface area contributed by atoms with Gasteiger partial charge in [-0.25, -0.2) is 0 Å². The molecule has 0 aliphatic carbocycles. The van der Waals surface area contributed by atoms with Crippen LogP contribution in [0.5, 0.6) is 5.75 Å². The average molecular weight is 247 g/mol. The van der Waals surface area contributed by atoms with E-state index >= 15 is 0 Å². The van der Waals surface area contributed by atoms with E-state index in [1.165, 1.54) is 12.1 Å². The van der Waals surface area contributed by atoms with Gasteiger partial charge in [-0.05, 0) is 25.1 Å². The molecule has 0 spiro atoms. The molecule has 2 aromatic rings. The number of nitrogens with one attached hydrogen (secondary N) is 1. The normalized spacial score (nSPS) is 10.3. The third-order valence-corrected chi connectivity index (χ3v) is 2.30. The van der Waals surface area contributed by atoms with E-state index in [1.54, 1.807) is 19.1 Å². The fourth-order valence-electron chi connectivity index (χ4n) is 1.47. The number of carbonyl (C=O) groups excluding carboxylic acids is 1. The second kappa shape index (κ2) is 5.31. The van der Waals surface area contributed by atoms with Gasteiger partial charge in [-0.2, -0.15) is 4.98 Å². The van der Waals surface area contributed by atoms with Crippen molar-refractivity contribution in [3.63, 3.8) is 0 Å². The van der Waals surface area contributed by atoms with Crippen LogP contribution in [0.2, 0.25) is 0 Å². The predicted octanol–water partition coefficient (Wildman–Crippen LogP) is 1.06.